The molecule has 0 unspecified atom stereocenters. The molecule has 0 heterocycles. The molecule has 18 heavy (non-hydrogen) atoms. The largest absolute Gasteiger partial charge is 0.350 e. The molecule has 5 nitrogen and oxygen atoms in total. The Kier molecular flexibility index (Phi) is 4.52. The van der Waals surface area contributed by atoms with E-state index in [4.69, 9.17) is 5.14 Å². The van der Waals surface area contributed by atoms with Gasteiger partial charge in [-0.25, -0.2) is 13.6 Å². The summed E-state index contributed by atoms with van der Waals surface area (Å²) in [5.74, 6) is -0.337. The van der Waals surface area contributed by atoms with Gasteiger partial charge in [0.15, 0.2) is 0 Å². The number of hydrogen-bond acceptors (Lipinski definition) is 3. The number of primary sulfonamides is 1. The first-order valence-electron chi connectivity index (χ1n) is 5.26. The zero-order chi connectivity index (χ0) is 14.1. The number of nitrogens with two attached hydrogens (primary N) is 1. The Morgan fingerprint density at radius 1 is 1.39 bits per heavy atom. The summed E-state index contributed by atoms with van der Waals surface area (Å²) in [6.07, 6.45) is 0. The second-order valence-electron chi connectivity index (χ2n) is 4.25. The molecule has 1 rings (SSSR count). The van der Waals surface area contributed by atoms with Crippen molar-refractivity contribution in [3.05, 3.63) is 27.7 Å². The fourth-order valence-corrected chi connectivity index (χ4v) is 2.85. The monoisotopic (exact) mass is 334 g/mol. The lowest BCUT2D eigenvalue weighted by Gasteiger charge is -2.11. The first-order chi connectivity index (χ1) is 8.12. The number of carbonyl (C=O) groups excluding carboxylic acids is 1. The number of halogens is 1. The molecule has 0 aliphatic heterocycles. The maximum absolute atomic E-state index is 11.8. The van der Waals surface area contributed by atoms with Gasteiger partial charge in [0, 0.05) is 16.1 Å². The molecule has 0 aromatic heterocycles. The van der Waals surface area contributed by atoms with E-state index in [2.05, 4.69) is 21.2 Å². The molecule has 0 fully saturated rings. The molecule has 0 spiro atoms. The van der Waals surface area contributed by atoms with E-state index < -0.39 is 10.0 Å². The molecule has 0 bridgehead atoms. The van der Waals surface area contributed by atoms with Crippen LogP contribution in [0.5, 0.6) is 0 Å². The summed E-state index contributed by atoms with van der Waals surface area (Å²) in [6.45, 7) is 5.26. The summed E-state index contributed by atoms with van der Waals surface area (Å²) >= 11 is 3.22. The van der Waals surface area contributed by atoms with Gasteiger partial charge in [0.2, 0.25) is 10.0 Å². The predicted molar refractivity (Wildman–Crippen MR) is 72.9 cm³/mol. The van der Waals surface area contributed by atoms with Gasteiger partial charge in [-0.3, -0.25) is 4.79 Å². The van der Waals surface area contributed by atoms with Gasteiger partial charge >= 0.3 is 0 Å². The van der Waals surface area contributed by atoms with Gasteiger partial charge < -0.3 is 5.32 Å². The van der Waals surface area contributed by atoms with E-state index >= 15 is 0 Å². The number of amides is 1. The number of carbonyl (C=O) groups is 1. The van der Waals surface area contributed by atoms with Crippen LogP contribution in [0.25, 0.3) is 0 Å². The smallest absolute Gasteiger partial charge is 0.251 e. The van der Waals surface area contributed by atoms with Crippen LogP contribution in [-0.4, -0.2) is 20.4 Å². The van der Waals surface area contributed by atoms with Crippen LogP contribution < -0.4 is 10.5 Å². The molecule has 0 radical (unpaired) electrons. The van der Waals surface area contributed by atoms with E-state index in [1.54, 1.807) is 13.0 Å². The summed E-state index contributed by atoms with van der Waals surface area (Å²) in [4.78, 5) is 11.8. The van der Waals surface area contributed by atoms with Crippen LogP contribution >= 0.6 is 15.9 Å². The fraction of sp³-hybridized carbons (Fsp3) is 0.364. The van der Waals surface area contributed by atoms with Crippen molar-refractivity contribution >= 4 is 31.9 Å². The van der Waals surface area contributed by atoms with Gasteiger partial charge in [-0.05, 0) is 38.5 Å². The molecule has 100 valence electrons. The van der Waals surface area contributed by atoms with E-state index in [-0.39, 0.29) is 22.4 Å². The van der Waals surface area contributed by atoms with Gasteiger partial charge in [0.05, 0.1) is 4.90 Å². The van der Waals surface area contributed by atoms with Crippen LogP contribution in [-0.2, 0) is 10.0 Å². The third-order valence-electron chi connectivity index (χ3n) is 2.29. The van der Waals surface area contributed by atoms with E-state index in [0.717, 1.165) is 0 Å². The molecular weight excluding hydrogens is 320 g/mol. The lowest BCUT2D eigenvalue weighted by molar-refractivity contribution is 0.0943. The summed E-state index contributed by atoms with van der Waals surface area (Å²) in [5.41, 5.74) is 0.740. The minimum atomic E-state index is -3.85. The highest BCUT2D eigenvalue weighted by atomic mass is 79.9. The second kappa shape index (κ2) is 5.38. The summed E-state index contributed by atoms with van der Waals surface area (Å²) < 4.78 is 23.4. The van der Waals surface area contributed by atoms with E-state index in [1.165, 1.54) is 6.07 Å². The third-order valence-corrected chi connectivity index (χ3v) is 4.15. The molecule has 0 atom stereocenters. The Labute approximate surface area is 115 Å². The predicted octanol–water partition coefficient (Wildman–Crippen LogP) is 1.54. The highest BCUT2D eigenvalue weighted by Gasteiger charge is 2.18. The van der Waals surface area contributed by atoms with Crippen LogP contribution in [0.1, 0.15) is 29.8 Å². The zero-order valence-electron chi connectivity index (χ0n) is 10.3. The van der Waals surface area contributed by atoms with Crippen LogP contribution in [0.2, 0.25) is 0 Å². The number of benzene rings is 1. The average molecular weight is 335 g/mol. The number of hydrogen-bond donors (Lipinski definition) is 2. The van der Waals surface area contributed by atoms with Crippen molar-refractivity contribution in [2.24, 2.45) is 5.14 Å². The molecule has 3 N–H and O–H groups in total. The fourth-order valence-electron chi connectivity index (χ4n) is 1.43. The highest BCUT2D eigenvalue weighted by molar-refractivity contribution is 9.10. The van der Waals surface area contributed by atoms with Gasteiger partial charge in [-0.15, -0.1) is 0 Å². The van der Waals surface area contributed by atoms with Crippen LogP contribution in [0.15, 0.2) is 21.5 Å². The quantitative estimate of drug-likeness (QED) is 0.878. The van der Waals surface area contributed by atoms with Crippen molar-refractivity contribution in [1.82, 2.24) is 5.32 Å². The summed E-state index contributed by atoms with van der Waals surface area (Å²) in [5, 5.41) is 7.81. The van der Waals surface area contributed by atoms with Crippen LogP contribution in [0, 0.1) is 6.92 Å². The Morgan fingerprint density at radius 2 is 1.94 bits per heavy atom. The van der Waals surface area contributed by atoms with Gasteiger partial charge in [0.25, 0.3) is 5.91 Å². The van der Waals surface area contributed by atoms with Crippen LogP contribution in [0.4, 0.5) is 0 Å². The van der Waals surface area contributed by atoms with Gasteiger partial charge in [-0.1, -0.05) is 15.9 Å². The third kappa shape index (κ3) is 3.54. The highest BCUT2D eigenvalue weighted by Crippen LogP contribution is 2.25. The Bertz CT molecular complexity index is 582. The van der Waals surface area contributed by atoms with Crippen molar-refractivity contribution in [2.75, 3.05) is 0 Å². The minimum Gasteiger partial charge on any atom is -0.350 e. The van der Waals surface area contributed by atoms with Crippen molar-refractivity contribution < 1.29 is 13.2 Å². The molecule has 0 saturated heterocycles. The molecule has 0 aliphatic carbocycles. The molecule has 7 heteroatoms. The summed E-state index contributed by atoms with van der Waals surface area (Å²) in [6, 6.07) is 2.82. The molecule has 0 saturated carbocycles. The Morgan fingerprint density at radius 3 is 2.39 bits per heavy atom. The SMILES string of the molecule is Cc1c(Br)cc(C(=O)NC(C)C)cc1S(N)(=O)=O. The van der Waals surface area contributed by atoms with Gasteiger partial charge in [0.1, 0.15) is 0 Å². The topological polar surface area (TPSA) is 89.3 Å². The maximum Gasteiger partial charge on any atom is 0.251 e. The van der Waals surface area contributed by atoms with Gasteiger partial charge in [-0.2, -0.15) is 0 Å². The maximum atomic E-state index is 11.8. The second-order valence-corrected chi connectivity index (χ2v) is 6.64. The van der Waals surface area contributed by atoms with Crippen molar-refractivity contribution in [2.45, 2.75) is 31.7 Å². The minimum absolute atomic E-state index is 0.0319. The standard InChI is InChI=1S/C11H15BrN2O3S/c1-6(2)14-11(15)8-4-9(12)7(3)10(5-8)18(13,16)17/h4-6H,1-3H3,(H,14,15)(H2,13,16,17). The zero-order valence-corrected chi connectivity index (χ0v) is 12.7. The Balaban J connectivity index is 3.34. The number of rotatable bonds is 3. The first-order valence-corrected chi connectivity index (χ1v) is 7.60. The number of sulfonamides is 1. The lowest BCUT2D eigenvalue weighted by atomic mass is 10.1. The molecule has 1 aromatic rings. The van der Waals surface area contributed by atoms with E-state index in [9.17, 15) is 13.2 Å². The first kappa shape index (κ1) is 15.1. The van der Waals surface area contributed by atoms with Crippen molar-refractivity contribution in [3.8, 4) is 0 Å². The number of nitrogens with one attached hydrogen (secondary N) is 1. The average Bonchev–Trinajstić information content (AvgIpc) is 2.18. The molecule has 1 amide bonds. The Hall–Kier alpha value is -0.920. The van der Waals surface area contributed by atoms with Crippen molar-refractivity contribution in [3.63, 3.8) is 0 Å². The lowest BCUT2D eigenvalue weighted by Crippen LogP contribution is -2.30. The van der Waals surface area contributed by atoms with Crippen molar-refractivity contribution in [1.29, 1.82) is 0 Å². The van der Waals surface area contributed by atoms with Crippen LogP contribution in [0.3, 0.4) is 0 Å². The molecule has 0 aliphatic rings. The van der Waals surface area contributed by atoms with E-state index in [1.807, 2.05) is 13.8 Å². The normalized spacial score (nSPS) is 11.7. The summed E-state index contributed by atoms with van der Waals surface area (Å²) in [7, 11) is -3.85. The van der Waals surface area contributed by atoms with E-state index in [0.29, 0.717) is 10.0 Å². The molecular formula is C11H15BrN2O3S. The molecule has 1 aromatic carbocycles.